The first kappa shape index (κ1) is 15.0. The molecule has 2 N–H and O–H groups in total. The van der Waals surface area contributed by atoms with E-state index in [0.717, 1.165) is 18.9 Å². The summed E-state index contributed by atoms with van der Waals surface area (Å²) >= 11 is 0. The summed E-state index contributed by atoms with van der Waals surface area (Å²) < 4.78 is 32.9. The number of nitrogens with zero attached hydrogens (tertiary/aromatic N) is 1. The summed E-state index contributed by atoms with van der Waals surface area (Å²) in [5, 5.41) is 5.84. The predicted molar refractivity (Wildman–Crippen MR) is 75.0 cm³/mol. The maximum absolute atomic E-state index is 13.8. The first-order chi connectivity index (χ1) is 9.41. The van der Waals surface area contributed by atoms with Crippen LogP contribution in [0.25, 0.3) is 0 Å². The van der Waals surface area contributed by atoms with E-state index in [0.29, 0.717) is 13.2 Å². The highest BCUT2D eigenvalue weighted by molar-refractivity contribution is 5.48. The summed E-state index contributed by atoms with van der Waals surface area (Å²) in [5.74, 6) is -1.19. The van der Waals surface area contributed by atoms with E-state index in [4.69, 9.17) is 4.74 Å². The Morgan fingerprint density at radius 2 is 2.05 bits per heavy atom. The van der Waals surface area contributed by atoms with Gasteiger partial charge in [0.2, 0.25) is 0 Å². The number of aromatic nitrogens is 1. The third-order valence-corrected chi connectivity index (χ3v) is 3.31. The first-order valence-corrected chi connectivity index (χ1v) is 6.91. The number of rotatable bonds is 4. The largest absolute Gasteiger partial charge is 0.375 e. The number of hydrogen-bond donors (Lipinski definition) is 2. The maximum Gasteiger partial charge on any atom is 0.168 e. The van der Waals surface area contributed by atoms with Crippen LogP contribution in [-0.2, 0) is 4.74 Å². The van der Waals surface area contributed by atoms with Gasteiger partial charge in [-0.3, -0.25) is 0 Å². The van der Waals surface area contributed by atoms with Crippen LogP contribution in [0.3, 0.4) is 0 Å². The molecule has 0 bridgehead atoms. The molecule has 2 rings (SSSR count). The van der Waals surface area contributed by atoms with Gasteiger partial charge in [0.1, 0.15) is 0 Å². The third kappa shape index (κ3) is 3.56. The number of pyridine rings is 1. The lowest BCUT2D eigenvalue weighted by Crippen LogP contribution is -2.40. The normalized spacial score (nSPS) is 21.6. The molecule has 20 heavy (non-hydrogen) atoms. The molecule has 0 saturated carbocycles. The lowest BCUT2D eigenvalue weighted by atomic mass is 9.94. The SMILES string of the molecule is CCNc1nc(NC2CCOC(C)(C)C2)c(F)cc1F. The van der Waals surface area contributed by atoms with Gasteiger partial charge in [-0.2, -0.15) is 0 Å². The Labute approximate surface area is 117 Å². The summed E-state index contributed by atoms with van der Waals surface area (Å²) in [7, 11) is 0. The highest BCUT2D eigenvalue weighted by atomic mass is 19.1. The second-order valence-corrected chi connectivity index (χ2v) is 5.62. The predicted octanol–water partition coefficient (Wildman–Crippen LogP) is 3.16. The summed E-state index contributed by atoms with van der Waals surface area (Å²) in [5.41, 5.74) is -0.239. The van der Waals surface area contributed by atoms with Crippen molar-refractivity contribution in [2.75, 3.05) is 23.8 Å². The monoisotopic (exact) mass is 285 g/mol. The van der Waals surface area contributed by atoms with E-state index in [1.165, 1.54) is 0 Å². The Morgan fingerprint density at radius 1 is 1.35 bits per heavy atom. The molecule has 0 aliphatic carbocycles. The number of ether oxygens (including phenoxy) is 1. The molecule has 1 aliphatic rings. The Morgan fingerprint density at radius 3 is 2.70 bits per heavy atom. The Bertz CT molecular complexity index is 480. The van der Waals surface area contributed by atoms with Crippen molar-refractivity contribution in [2.24, 2.45) is 0 Å². The molecule has 0 amide bonds. The first-order valence-electron chi connectivity index (χ1n) is 6.91. The van der Waals surface area contributed by atoms with E-state index in [2.05, 4.69) is 15.6 Å². The van der Waals surface area contributed by atoms with Crippen molar-refractivity contribution in [2.45, 2.75) is 45.3 Å². The average molecular weight is 285 g/mol. The van der Waals surface area contributed by atoms with Gasteiger partial charge in [-0.1, -0.05) is 0 Å². The summed E-state index contributed by atoms with van der Waals surface area (Å²) in [6.07, 6.45) is 1.53. The molecule has 1 atom stereocenters. The van der Waals surface area contributed by atoms with Crippen LogP contribution in [0.5, 0.6) is 0 Å². The molecule has 1 aliphatic heterocycles. The van der Waals surface area contributed by atoms with Gasteiger partial charge in [0.25, 0.3) is 0 Å². The smallest absolute Gasteiger partial charge is 0.168 e. The number of hydrogen-bond acceptors (Lipinski definition) is 4. The van der Waals surface area contributed by atoms with Crippen molar-refractivity contribution in [1.29, 1.82) is 0 Å². The molecule has 1 aromatic rings. The summed E-state index contributed by atoms with van der Waals surface area (Å²) in [6, 6.07) is 0.929. The molecule has 0 spiro atoms. The van der Waals surface area contributed by atoms with E-state index in [9.17, 15) is 8.78 Å². The van der Waals surface area contributed by atoms with Crippen LogP contribution in [0.15, 0.2) is 6.07 Å². The zero-order valence-corrected chi connectivity index (χ0v) is 12.1. The minimum atomic E-state index is -0.679. The van der Waals surface area contributed by atoms with Gasteiger partial charge in [-0.15, -0.1) is 0 Å². The van der Waals surface area contributed by atoms with Gasteiger partial charge in [-0.05, 0) is 33.6 Å². The zero-order chi connectivity index (χ0) is 14.8. The van der Waals surface area contributed by atoms with Crippen LogP contribution in [0, 0.1) is 11.6 Å². The number of nitrogens with one attached hydrogen (secondary N) is 2. The van der Waals surface area contributed by atoms with Crippen molar-refractivity contribution in [1.82, 2.24) is 4.98 Å². The maximum atomic E-state index is 13.8. The van der Waals surface area contributed by atoms with Crippen LogP contribution < -0.4 is 10.6 Å². The molecule has 1 fully saturated rings. The van der Waals surface area contributed by atoms with Crippen molar-refractivity contribution in [3.05, 3.63) is 17.7 Å². The quantitative estimate of drug-likeness (QED) is 0.892. The van der Waals surface area contributed by atoms with E-state index >= 15 is 0 Å². The van der Waals surface area contributed by atoms with Gasteiger partial charge in [-0.25, -0.2) is 13.8 Å². The fourth-order valence-corrected chi connectivity index (χ4v) is 2.41. The highest BCUT2D eigenvalue weighted by Gasteiger charge is 2.29. The van der Waals surface area contributed by atoms with Gasteiger partial charge in [0, 0.05) is 25.3 Å². The molecule has 1 aromatic heterocycles. The van der Waals surface area contributed by atoms with Gasteiger partial charge < -0.3 is 15.4 Å². The van der Waals surface area contributed by atoms with Gasteiger partial charge in [0.05, 0.1) is 5.60 Å². The number of halogens is 2. The van der Waals surface area contributed by atoms with Gasteiger partial charge in [0.15, 0.2) is 23.3 Å². The van der Waals surface area contributed by atoms with Crippen LogP contribution in [0.4, 0.5) is 20.4 Å². The van der Waals surface area contributed by atoms with Crippen LogP contribution in [-0.4, -0.2) is 29.8 Å². The van der Waals surface area contributed by atoms with E-state index in [1.807, 2.05) is 20.8 Å². The fraction of sp³-hybridized carbons (Fsp3) is 0.643. The highest BCUT2D eigenvalue weighted by Crippen LogP contribution is 2.27. The van der Waals surface area contributed by atoms with Crippen LogP contribution in [0.2, 0.25) is 0 Å². The minimum absolute atomic E-state index is 0.0701. The lowest BCUT2D eigenvalue weighted by molar-refractivity contribution is -0.0553. The molecule has 6 heteroatoms. The zero-order valence-electron chi connectivity index (χ0n) is 12.1. The minimum Gasteiger partial charge on any atom is -0.375 e. The van der Waals surface area contributed by atoms with E-state index in [1.54, 1.807) is 0 Å². The Kier molecular flexibility index (Phi) is 4.42. The molecular formula is C14H21F2N3O. The Hall–Kier alpha value is -1.43. The van der Waals surface area contributed by atoms with E-state index in [-0.39, 0.29) is 23.3 Å². The molecular weight excluding hydrogens is 264 g/mol. The summed E-state index contributed by atoms with van der Waals surface area (Å²) in [4.78, 5) is 3.99. The second kappa shape index (κ2) is 5.91. The van der Waals surface area contributed by atoms with E-state index < -0.39 is 11.6 Å². The third-order valence-electron chi connectivity index (χ3n) is 3.31. The number of anilines is 2. The molecule has 2 heterocycles. The van der Waals surface area contributed by atoms with Crippen molar-refractivity contribution >= 4 is 11.6 Å². The fourth-order valence-electron chi connectivity index (χ4n) is 2.41. The molecule has 1 unspecified atom stereocenters. The molecule has 0 aromatic carbocycles. The van der Waals surface area contributed by atoms with Crippen molar-refractivity contribution in [3.8, 4) is 0 Å². The molecule has 0 radical (unpaired) electrons. The average Bonchev–Trinajstić information content (AvgIpc) is 2.34. The standard InChI is InChI=1S/C14H21F2N3O/c1-4-17-12-10(15)7-11(16)13(19-12)18-9-5-6-20-14(2,3)8-9/h7,9H,4-6,8H2,1-3H3,(H2,17,18,19). The molecule has 1 saturated heterocycles. The van der Waals surface area contributed by atoms with Crippen LogP contribution >= 0.6 is 0 Å². The molecule has 4 nitrogen and oxygen atoms in total. The Balaban J connectivity index is 2.14. The van der Waals surface area contributed by atoms with Crippen LogP contribution in [0.1, 0.15) is 33.6 Å². The van der Waals surface area contributed by atoms with Gasteiger partial charge >= 0.3 is 0 Å². The summed E-state index contributed by atoms with van der Waals surface area (Å²) in [6.45, 7) is 6.98. The second-order valence-electron chi connectivity index (χ2n) is 5.62. The molecule has 112 valence electrons. The topological polar surface area (TPSA) is 46.2 Å². The van der Waals surface area contributed by atoms with Crippen molar-refractivity contribution in [3.63, 3.8) is 0 Å². The van der Waals surface area contributed by atoms with Crippen molar-refractivity contribution < 1.29 is 13.5 Å². The lowest BCUT2D eigenvalue weighted by Gasteiger charge is -2.36.